The van der Waals surface area contributed by atoms with Crippen LogP contribution in [0.15, 0.2) is 33.7 Å². The Morgan fingerprint density at radius 3 is 2.70 bits per heavy atom. The fourth-order valence-corrected chi connectivity index (χ4v) is 2.35. The van der Waals surface area contributed by atoms with Gasteiger partial charge in [-0.3, -0.25) is 0 Å². The van der Waals surface area contributed by atoms with Gasteiger partial charge in [0.2, 0.25) is 5.89 Å². The molecule has 110 valence electrons. The van der Waals surface area contributed by atoms with E-state index in [2.05, 4.69) is 22.4 Å². The van der Waals surface area contributed by atoms with Crippen molar-refractivity contribution in [3.8, 4) is 0 Å². The molecule has 0 aliphatic heterocycles. The third-order valence-electron chi connectivity index (χ3n) is 2.67. The van der Waals surface area contributed by atoms with Crippen LogP contribution in [0.4, 0.5) is 0 Å². The van der Waals surface area contributed by atoms with E-state index < -0.39 is 0 Å². The van der Waals surface area contributed by atoms with Gasteiger partial charge in [0.15, 0.2) is 5.82 Å². The molecule has 1 aromatic heterocycles. The minimum Gasteiger partial charge on any atom is -0.338 e. The van der Waals surface area contributed by atoms with Gasteiger partial charge in [-0.1, -0.05) is 16.8 Å². The molecule has 1 unspecified atom stereocenters. The molecule has 0 aliphatic carbocycles. The van der Waals surface area contributed by atoms with Crippen LogP contribution in [0.3, 0.4) is 0 Å². The van der Waals surface area contributed by atoms with E-state index in [-0.39, 0.29) is 12.4 Å². The number of thioether (sulfide) groups is 1. The number of rotatable bonds is 6. The molecule has 20 heavy (non-hydrogen) atoms. The third-order valence-corrected chi connectivity index (χ3v) is 3.92. The van der Waals surface area contributed by atoms with Crippen LogP contribution in [0.25, 0.3) is 0 Å². The Hall–Kier alpha value is -0.750. The SMILES string of the molecule is CNC(C)Cc1noc(CSc2ccc(Cl)cc2)n1.Cl. The second kappa shape index (κ2) is 8.52. The largest absolute Gasteiger partial charge is 0.338 e. The standard InChI is InChI=1S/C13H16ClN3OS.ClH/c1-9(15-2)7-12-16-13(18-17-12)8-19-11-5-3-10(14)4-6-11;/h3-6,9,15H,7-8H2,1-2H3;1H. The second-order valence-corrected chi connectivity index (χ2v) is 5.73. The highest BCUT2D eigenvalue weighted by molar-refractivity contribution is 7.98. The predicted octanol–water partition coefficient (Wildman–Crippen LogP) is 3.59. The van der Waals surface area contributed by atoms with Crippen molar-refractivity contribution in [2.45, 2.75) is 30.0 Å². The fourth-order valence-electron chi connectivity index (χ4n) is 1.48. The van der Waals surface area contributed by atoms with E-state index in [4.69, 9.17) is 16.1 Å². The maximum atomic E-state index is 5.84. The molecule has 0 saturated heterocycles. The van der Waals surface area contributed by atoms with Crippen LogP contribution in [-0.2, 0) is 12.2 Å². The van der Waals surface area contributed by atoms with E-state index in [0.717, 1.165) is 22.2 Å². The Morgan fingerprint density at radius 2 is 2.05 bits per heavy atom. The number of nitrogens with zero attached hydrogens (tertiary/aromatic N) is 2. The van der Waals surface area contributed by atoms with Crippen molar-refractivity contribution in [1.82, 2.24) is 15.5 Å². The van der Waals surface area contributed by atoms with Gasteiger partial charge in [0.05, 0.1) is 5.75 Å². The van der Waals surface area contributed by atoms with Crippen LogP contribution in [0.1, 0.15) is 18.6 Å². The quantitative estimate of drug-likeness (QED) is 0.818. The first kappa shape index (κ1) is 17.3. The highest BCUT2D eigenvalue weighted by Gasteiger charge is 2.09. The Kier molecular flexibility index (Phi) is 7.37. The molecule has 0 spiro atoms. The zero-order chi connectivity index (χ0) is 13.7. The number of likely N-dealkylation sites (N-methyl/N-ethyl adjacent to an activating group) is 1. The van der Waals surface area contributed by atoms with Gasteiger partial charge in [-0.2, -0.15) is 4.98 Å². The van der Waals surface area contributed by atoms with Gasteiger partial charge in [0.1, 0.15) is 0 Å². The normalized spacial score (nSPS) is 11.9. The lowest BCUT2D eigenvalue weighted by atomic mass is 10.2. The van der Waals surface area contributed by atoms with Crippen LogP contribution in [0.2, 0.25) is 5.02 Å². The van der Waals surface area contributed by atoms with Crippen molar-refractivity contribution in [3.05, 3.63) is 41.0 Å². The van der Waals surface area contributed by atoms with Gasteiger partial charge in [0.25, 0.3) is 0 Å². The third kappa shape index (κ3) is 5.32. The van der Waals surface area contributed by atoms with Crippen LogP contribution in [0.5, 0.6) is 0 Å². The lowest BCUT2D eigenvalue weighted by Gasteiger charge is -2.04. The number of benzene rings is 1. The smallest absolute Gasteiger partial charge is 0.237 e. The molecule has 4 nitrogen and oxygen atoms in total. The summed E-state index contributed by atoms with van der Waals surface area (Å²) in [5.41, 5.74) is 0. The summed E-state index contributed by atoms with van der Waals surface area (Å²) < 4.78 is 5.22. The first-order valence-corrected chi connectivity index (χ1v) is 7.41. The van der Waals surface area contributed by atoms with Crippen molar-refractivity contribution in [2.24, 2.45) is 0 Å². The van der Waals surface area contributed by atoms with Gasteiger partial charge in [-0.25, -0.2) is 0 Å². The monoisotopic (exact) mass is 333 g/mol. The summed E-state index contributed by atoms with van der Waals surface area (Å²) >= 11 is 7.49. The van der Waals surface area contributed by atoms with Crippen LogP contribution in [0, 0.1) is 0 Å². The van der Waals surface area contributed by atoms with E-state index >= 15 is 0 Å². The first-order valence-electron chi connectivity index (χ1n) is 6.04. The maximum absolute atomic E-state index is 5.84. The summed E-state index contributed by atoms with van der Waals surface area (Å²) in [5, 5.41) is 7.86. The number of hydrogen-bond donors (Lipinski definition) is 1. The molecular weight excluding hydrogens is 317 g/mol. The zero-order valence-electron chi connectivity index (χ0n) is 11.3. The van der Waals surface area contributed by atoms with Crippen LogP contribution >= 0.6 is 35.8 Å². The van der Waals surface area contributed by atoms with Crippen molar-refractivity contribution >= 4 is 35.8 Å². The minimum atomic E-state index is 0. The minimum absolute atomic E-state index is 0. The van der Waals surface area contributed by atoms with E-state index in [0.29, 0.717) is 17.7 Å². The van der Waals surface area contributed by atoms with Crippen LogP contribution < -0.4 is 5.32 Å². The molecule has 0 radical (unpaired) electrons. The highest BCUT2D eigenvalue weighted by Crippen LogP contribution is 2.23. The molecule has 0 fully saturated rings. The van der Waals surface area contributed by atoms with E-state index in [1.54, 1.807) is 11.8 Å². The average Bonchev–Trinajstić information content (AvgIpc) is 2.85. The Morgan fingerprint density at radius 1 is 1.35 bits per heavy atom. The molecule has 0 saturated carbocycles. The lowest BCUT2D eigenvalue weighted by molar-refractivity contribution is 0.382. The molecule has 1 atom stereocenters. The Balaban J connectivity index is 0.00000200. The summed E-state index contributed by atoms with van der Waals surface area (Å²) in [4.78, 5) is 5.50. The van der Waals surface area contributed by atoms with Gasteiger partial charge in [0, 0.05) is 22.4 Å². The fraction of sp³-hybridized carbons (Fsp3) is 0.385. The van der Waals surface area contributed by atoms with Crippen molar-refractivity contribution < 1.29 is 4.52 Å². The molecule has 1 aromatic carbocycles. The molecular formula is C13H17Cl2N3OS. The molecule has 0 aliphatic rings. The molecule has 0 bridgehead atoms. The summed E-state index contributed by atoms with van der Waals surface area (Å²) in [6, 6.07) is 8.05. The second-order valence-electron chi connectivity index (χ2n) is 4.24. The van der Waals surface area contributed by atoms with Crippen molar-refractivity contribution in [1.29, 1.82) is 0 Å². The molecule has 7 heteroatoms. The topological polar surface area (TPSA) is 51.0 Å². The molecule has 2 aromatic rings. The van der Waals surface area contributed by atoms with Gasteiger partial charge < -0.3 is 9.84 Å². The Labute approximate surface area is 134 Å². The molecule has 0 amide bonds. The van der Waals surface area contributed by atoms with Gasteiger partial charge >= 0.3 is 0 Å². The lowest BCUT2D eigenvalue weighted by Crippen LogP contribution is -2.24. The zero-order valence-corrected chi connectivity index (χ0v) is 13.7. The van der Waals surface area contributed by atoms with Crippen molar-refractivity contribution in [2.75, 3.05) is 7.05 Å². The number of hydrogen-bond acceptors (Lipinski definition) is 5. The summed E-state index contributed by atoms with van der Waals surface area (Å²) in [6.07, 6.45) is 0.769. The van der Waals surface area contributed by atoms with E-state index in [9.17, 15) is 0 Å². The van der Waals surface area contributed by atoms with E-state index in [1.165, 1.54) is 0 Å². The van der Waals surface area contributed by atoms with Crippen molar-refractivity contribution in [3.63, 3.8) is 0 Å². The Bertz CT molecular complexity index is 519. The van der Waals surface area contributed by atoms with Crippen LogP contribution in [-0.4, -0.2) is 23.2 Å². The average molecular weight is 334 g/mol. The summed E-state index contributed by atoms with van der Waals surface area (Å²) in [6.45, 7) is 2.08. The first-order chi connectivity index (χ1) is 9.17. The summed E-state index contributed by atoms with van der Waals surface area (Å²) in [5.74, 6) is 2.06. The highest BCUT2D eigenvalue weighted by atomic mass is 35.5. The van der Waals surface area contributed by atoms with Gasteiger partial charge in [-0.05, 0) is 38.2 Å². The number of halogens is 2. The maximum Gasteiger partial charge on any atom is 0.237 e. The predicted molar refractivity (Wildman–Crippen MR) is 84.8 cm³/mol. The molecule has 2 rings (SSSR count). The van der Waals surface area contributed by atoms with E-state index in [1.807, 2.05) is 31.3 Å². The molecule has 1 N–H and O–H groups in total. The number of aromatic nitrogens is 2. The molecule has 1 heterocycles. The van der Waals surface area contributed by atoms with Gasteiger partial charge in [-0.15, -0.1) is 24.2 Å². The number of nitrogens with one attached hydrogen (secondary N) is 1. The summed E-state index contributed by atoms with van der Waals surface area (Å²) in [7, 11) is 1.92.